The van der Waals surface area contributed by atoms with Crippen LogP contribution in [0.15, 0.2) is 30.6 Å². The lowest BCUT2D eigenvalue weighted by atomic mass is 9.96. The third kappa shape index (κ3) is 3.22. The molecule has 3 aromatic heterocycles. The van der Waals surface area contributed by atoms with Gasteiger partial charge >= 0.3 is 0 Å². The predicted octanol–water partition coefficient (Wildman–Crippen LogP) is 3.38. The average molecular weight is 418 g/mol. The van der Waals surface area contributed by atoms with Crippen LogP contribution in [0.3, 0.4) is 0 Å². The van der Waals surface area contributed by atoms with Gasteiger partial charge in [0.05, 0.1) is 12.2 Å². The largest absolute Gasteiger partial charge is 0.323 e. The van der Waals surface area contributed by atoms with E-state index in [0.29, 0.717) is 29.4 Å². The van der Waals surface area contributed by atoms with E-state index in [2.05, 4.69) is 17.1 Å². The first-order valence-corrected chi connectivity index (χ1v) is 10.9. The van der Waals surface area contributed by atoms with Gasteiger partial charge in [-0.25, -0.2) is 4.98 Å². The Morgan fingerprint density at radius 1 is 1.23 bits per heavy atom. The summed E-state index contributed by atoms with van der Waals surface area (Å²) in [5.41, 5.74) is 10.6. The molecule has 1 atom stereocenters. The van der Waals surface area contributed by atoms with E-state index in [0.717, 1.165) is 42.8 Å². The summed E-state index contributed by atoms with van der Waals surface area (Å²) in [7, 11) is 0. The van der Waals surface area contributed by atoms with Crippen molar-refractivity contribution in [1.82, 2.24) is 24.7 Å². The topological polar surface area (TPSA) is 103 Å². The first-order chi connectivity index (χ1) is 14.9. The van der Waals surface area contributed by atoms with Crippen molar-refractivity contribution in [1.29, 1.82) is 0 Å². The fourth-order valence-corrected chi connectivity index (χ4v) is 4.14. The summed E-state index contributed by atoms with van der Waals surface area (Å²) in [4.78, 5) is 24.9. The van der Waals surface area contributed by atoms with Crippen LogP contribution in [0.25, 0.3) is 11.5 Å². The lowest BCUT2D eigenvalue weighted by Crippen LogP contribution is -2.24. The summed E-state index contributed by atoms with van der Waals surface area (Å²) >= 11 is 0. The zero-order valence-corrected chi connectivity index (χ0v) is 18.2. The number of anilines is 1. The smallest absolute Gasteiger partial charge is 0.260 e. The summed E-state index contributed by atoms with van der Waals surface area (Å²) in [6.45, 7) is 7.45. The van der Waals surface area contributed by atoms with Crippen LogP contribution in [0, 0.1) is 0 Å². The molecule has 1 unspecified atom stereocenters. The van der Waals surface area contributed by atoms with Crippen LogP contribution < -0.4 is 10.6 Å². The Morgan fingerprint density at radius 3 is 2.74 bits per heavy atom. The van der Waals surface area contributed by atoms with Crippen molar-refractivity contribution in [2.24, 2.45) is 5.73 Å². The molecule has 1 amide bonds. The second-order valence-corrected chi connectivity index (χ2v) is 8.71. The Kier molecular flexibility index (Phi) is 4.62. The number of amides is 1. The Bertz CT molecular complexity index is 1160. The van der Waals surface area contributed by atoms with Crippen LogP contribution in [0.4, 0.5) is 5.82 Å². The number of fused-ring (bicyclic) bond motifs is 1. The molecule has 5 rings (SSSR count). The number of hydrogen-bond donors (Lipinski definition) is 1. The van der Waals surface area contributed by atoms with E-state index in [-0.39, 0.29) is 17.4 Å². The molecular formula is C23H27N7O. The SMILES string of the molecule is CCC(N)c1nc(C2(C)CC2)cc2c1CN(c1cccc(-c3nncn3CC)n1)C2=O. The molecule has 3 aromatic rings. The molecule has 4 heterocycles. The van der Waals surface area contributed by atoms with Gasteiger partial charge in [-0.3, -0.25) is 14.7 Å². The highest BCUT2D eigenvalue weighted by atomic mass is 16.2. The monoisotopic (exact) mass is 417 g/mol. The minimum atomic E-state index is -0.189. The highest BCUT2D eigenvalue weighted by Gasteiger charge is 2.43. The second-order valence-electron chi connectivity index (χ2n) is 8.71. The lowest BCUT2D eigenvalue weighted by molar-refractivity contribution is 0.0996. The number of nitrogens with zero attached hydrogens (tertiary/aromatic N) is 6. The number of pyridine rings is 2. The summed E-state index contributed by atoms with van der Waals surface area (Å²) in [6.07, 6.45) is 4.65. The molecule has 31 heavy (non-hydrogen) atoms. The summed E-state index contributed by atoms with van der Waals surface area (Å²) < 4.78 is 1.93. The molecule has 160 valence electrons. The quantitative estimate of drug-likeness (QED) is 0.660. The highest BCUT2D eigenvalue weighted by molar-refractivity contribution is 6.10. The van der Waals surface area contributed by atoms with Gasteiger partial charge in [-0.1, -0.05) is 19.9 Å². The molecule has 1 aliphatic carbocycles. The van der Waals surface area contributed by atoms with E-state index < -0.39 is 0 Å². The number of nitrogens with two attached hydrogens (primary N) is 1. The Labute approximate surface area is 181 Å². The van der Waals surface area contributed by atoms with Crippen molar-refractivity contribution in [2.45, 2.75) is 64.6 Å². The fourth-order valence-electron chi connectivity index (χ4n) is 4.14. The third-order valence-electron chi connectivity index (χ3n) is 6.55. The third-order valence-corrected chi connectivity index (χ3v) is 6.55. The maximum atomic E-state index is 13.5. The minimum Gasteiger partial charge on any atom is -0.323 e. The standard InChI is InChI=1S/C23H27N7O/c1-4-16(24)20-15-12-30(22(31)14(15)11-18(27-20)23(3)9-10-23)19-8-6-7-17(26-19)21-28-25-13-29(21)5-2/h6-8,11,13,16H,4-5,9-10,12,24H2,1-3H3. The summed E-state index contributed by atoms with van der Waals surface area (Å²) in [6, 6.07) is 7.44. The maximum absolute atomic E-state index is 13.5. The highest BCUT2D eigenvalue weighted by Crippen LogP contribution is 2.48. The van der Waals surface area contributed by atoms with E-state index in [4.69, 9.17) is 15.7 Å². The van der Waals surface area contributed by atoms with Crippen molar-refractivity contribution in [3.05, 3.63) is 53.1 Å². The van der Waals surface area contributed by atoms with Gasteiger partial charge in [0.15, 0.2) is 5.82 Å². The molecule has 0 bridgehead atoms. The number of aryl methyl sites for hydroxylation is 1. The van der Waals surface area contributed by atoms with Crippen molar-refractivity contribution in [2.75, 3.05) is 4.90 Å². The van der Waals surface area contributed by atoms with Crippen molar-refractivity contribution < 1.29 is 4.79 Å². The van der Waals surface area contributed by atoms with Gasteiger partial charge in [0.1, 0.15) is 17.8 Å². The molecule has 2 N–H and O–H groups in total. The van der Waals surface area contributed by atoms with Gasteiger partial charge in [-0.05, 0) is 44.4 Å². The van der Waals surface area contributed by atoms with Gasteiger partial charge in [0.2, 0.25) is 0 Å². The lowest BCUT2D eigenvalue weighted by Gasteiger charge is -2.17. The van der Waals surface area contributed by atoms with Gasteiger partial charge in [-0.15, -0.1) is 10.2 Å². The zero-order chi connectivity index (χ0) is 21.8. The number of carbonyl (C=O) groups is 1. The molecule has 0 radical (unpaired) electrons. The predicted molar refractivity (Wildman–Crippen MR) is 117 cm³/mol. The zero-order valence-electron chi connectivity index (χ0n) is 18.2. The van der Waals surface area contributed by atoms with Gasteiger partial charge in [0, 0.05) is 34.8 Å². The minimum absolute atomic E-state index is 0.0472. The van der Waals surface area contributed by atoms with E-state index >= 15 is 0 Å². The van der Waals surface area contributed by atoms with E-state index in [1.807, 2.05) is 42.7 Å². The molecular weight excluding hydrogens is 390 g/mol. The molecule has 2 aliphatic rings. The molecule has 8 heteroatoms. The molecule has 0 saturated heterocycles. The number of rotatable bonds is 6. The second kappa shape index (κ2) is 7.23. The Balaban J connectivity index is 1.55. The maximum Gasteiger partial charge on any atom is 0.260 e. The van der Waals surface area contributed by atoms with Crippen LogP contribution in [0.2, 0.25) is 0 Å². The van der Waals surface area contributed by atoms with E-state index in [1.54, 1.807) is 11.2 Å². The van der Waals surface area contributed by atoms with Crippen molar-refractivity contribution >= 4 is 11.7 Å². The molecule has 0 spiro atoms. The molecule has 0 aromatic carbocycles. The average Bonchev–Trinajstić information content (AvgIpc) is 3.23. The van der Waals surface area contributed by atoms with Gasteiger partial charge < -0.3 is 10.3 Å². The van der Waals surface area contributed by atoms with Crippen LogP contribution in [-0.2, 0) is 18.5 Å². The van der Waals surface area contributed by atoms with Crippen molar-refractivity contribution in [3.8, 4) is 11.5 Å². The Morgan fingerprint density at radius 2 is 2.03 bits per heavy atom. The van der Waals surface area contributed by atoms with Gasteiger partial charge in [0.25, 0.3) is 5.91 Å². The number of hydrogen-bond acceptors (Lipinski definition) is 6. The number of aromatic nitrogens is 5. The normalized spacial score (nSPS) is 17.7. The van der Waals surface area contributed by atoms with E-state index in [1.165, 1.54) is 0 Å². The summed E-state index contributed by atoms with van der Waals surface area (Å²) in [5, 5.41) is 8.19. The number of carbonyl (C=O) groups excluding carboxylic acids is 1. The first-order valence-electron chi connectivity index (χ1n) is 10.9. The van der Waals surface area contributed by atoms with Crippen LogP contribution >= 0.6 is 0 Å². The van der Waals surface area contributed by atoms with Crippen molar-refractivity contribution in [3.63, 3.8) is 0 Å². The molecule has 1 saturated carbocycles. The molecule has 1 aliphatic heterocycles. The van der Waals surface area contributed by atoms with Crippen LogP contribution in [0.5, 0.6) is 0 Å². The fraction of sp³-hybridized carbons (Fsp3) is 0.435. The van der Waals surface area contributed by atoms with Gasteiger partial charge in [-0.2, -0.15) is 0 Å². The van der Waals surface area contributed by atoms with Crippen LogP contribution in [-0.4, -0.2) is 30.6 Å². The first kappa shape index (κ1) is 19.8. The molecule has 8 nitrogen and oxygen atoms in total. The molecule has 1 fully saturated rings. The van der Waals surface area contributed by atoms with E-state index in [9.17, 15) is 4.79 Å². The van der Waals surface area contributed by atoms with Crippen LogP contribution in [0.1, 0.15) is 73.4 Å². The summed E-state index contributed by atoms with van der Waals surface area (Å²) in [5.74, 6) is 1.24. The Hall–Kier alpha value is -3.13.